The Morgan fingerprint density at radius 1 is 1.14 bits per heavy atom. The van der Waals surface area contributed by atoms with Crippen LogP contribution >= 0.6 is 23.2 Å². The van der Waals surface area contributed by atoms with Crippen molar-refractivity contribution in [3.8, 4) is 11.5 Å². The fraction of sp³-hybridized carbons (Fsp3) is 0.304. The summed E-state index contributed by atoms with van der Waals surface area (Å²) >= 11 is 12.4. The molecule has 184 valence electrons. The highest BCUT2D eigenvalue weighted by molar-refractivity contribution is 6.35. The minimum Gasteiger partial charge on any atom is -0.493 e. The lowest BCUT2D eigenvalue weighted by Crippen LogP contribution is -2.67. The molecule has 1 aliphatic heterocycles. The van der Waals surface area contributed by atoms with Crippen LogP contribution in [0.1, 0.15) is 29.8 Å². The van der Waals surface area contributed by atoms with Gasteiger partial charge in [0.2, 0.25) is 11.7 Å². The Kier molecular flexibility index (Phi) is 7.00. The zero-order valence-corrected chi connectivity index (χ0v) is 21.1. The average molecular weight is 518 g/mol. The summed E-state index contributed by atoms with van der Waals surface area (Å²) in [6, 6.07) is 3.25. The summed E-state index contributed by atoms with van der Waals surface area (Å²) in [7, 11) is 3.44. The standard InChI is InChI=1S/C23H26Cl2N8O2/c1-23(29-2)10-33(11-23)22-31-6-12(7-32-22)20(27)13-4-18(17(34-3)5-16(13)26)35-21(28)19-14(24)8-30-9-15(19)25/h4-9,21,27,29H,10-11,26,28H2,1-3H3/p+1/t21-/m0/s1. The van der Waals surface area contributed by atoms with Crippen molar-refractivity contribution in [1.29, 1.82) is 0 Å². The number of rotatable bonds is 8. The van der Waals surface area contributed by atoms with E-state index in [4.69, 9.17) is 49.6 Å². The summed E-state index contributed by atoms with van der Waals surface area (Å²) in [5, 5.41) is 10.3. The lowest BCUT2D eigenvalue weighted by molar-refractivity contribution is -0.111. The molecule has 0 spiro atoms. The van der Waals surface area contributed by atoms with Crippen LogP contribution in [0.15, 0.2) is 36.9 Å². The van der Waals surface area contributed by atoms with Gasteiger partial charge in [0.1, 0.15) is 0 Å². The molecule has 0 saturated carbocycles. The molecule has 4 rings (SSSR count). The molecule has 0 bridgehead atoms. The largest absolute Gasteiger partial charge is 0.493 e. The number of likely N-dealkylation sites (N-methyl/N-ethyl adjacent to an activating group) is 1. The zero-order chi connectivity index (χ0) is 25.3. The Morgan fingerprint density at radius 2 is 1.77 bits per heavy atom. The van der Waals surface area contributed by atoms with E-state index in [1.54, 1.807) is 24.5 Å². The molecule has 0 aliphatic carbocycles. The number of nitrogens with two attached hydrogens (primary N) is 3. The van der Waals surface area contributed by atoms with Crippen LogP contribution in [0, 0.1) is 0 Å². The van der Waals surface area contributed by atoms with Crippen molar-refractivity contribution in [2.45, 2.75) is 18.7 Å². The van der Waals surface area contributed by atoms with E-state index in [1.807, 2.05) is 7.05 Å². The molecule has 2 aromatic heterocycles. The smallest absolute Gasteiger partial charge is 0.225 e. The molecule has 7 N–H and O–H groups in total. The average Bonchev–Trinajstić information content (AvgIpc) is 2.82. The van der Waals surface area contributed by atoms with Crippen LogP contribution in [-0.4, -0.2) is 53.4 Å². The molecule has 1 fully saturated rings. The van der Waals surface area contributed by atoms with Crippen LogP contribution in [-0.2, 0) is 0 Å². The van der Waals surface area contributed by atoms with E-state index in [0.717, 1.165) is 13.1 Å². The number of nitrogens with zero attached hydrogens (tertiary/aromatic N) is 4. The predicted molar refractivity (Wildman–Crippen MR) is 136 cm³/mol. The van der Waals surface area contributed by atoms with Gasteiger partial charge in [-0.25, -0.2) is 9.97 Å². The van der Waals surface area contributed by atoms with Crippen LogP contribution in [0.2, 0.25) is 10.0 Å². The van der Waals surface area contributed by atoms with E-state index < -0.39 is 6.23 Å². The van der Waals surface area contributed by atoms with Gasteiger partial charge in [0, 0.05) is 61.3 Å². The van der Waals surface area contributed by atoms with Gasteiger partial charge in [0.25, 0.3) is 0 Å². The lowest BCUT2D eigenvalue weighted by atomic mass is 9.93. The molecule has 1 aliphatic rings. The number of ether oxygens (including phenoxy) is 2. The number of hydrogen-bond donors (Lipinski definition) is 4. The van der Waals surface area contributed by atoms with Crippen molar-refractivity contribution in [3.63, 3.8) is 0 Å². The fourth-order valence-electron chi connectivity index (χ4n) is 3.82. The van der Waals surface area contributed by atoms with Crippen molar-refractivity contribution in [2.24, 2.45) is 5.73 Å². The Morgan fingerprint density at radius 3 is 2.34 bits per heavy atom. The molecule has 1 saturated heterocycles. The third-order valence-electron chi connectivity index (χ3n) is 5.97. The number of pyridine rings is 1. The monoisotopic (exact) mass is 517 g/mol. The number of aromatic nitrogens is 3. The van der Waals surface area contributed by atoms with Gasteiger partial charge in [0.05, 0.1) is 33.8 Å². The molecule has 3 aromatic rings. The van der Waals surface area contributed by atoms with E-state index in [9.17, 15) is 0 Å². The summed E-state index contributed by atoms with van der Waals surface area (Å²) in [5.41, 5.74) is 14.9. The summed E-state index contributed by atoms with van der Waals surface area (Å²) in [6.07, 6.45) is 5.21. The van der Waals surface area contributed by atoms with Crippen molar-refractivity contribution in [2.75, 3.05) is 37.9 Å². The molecule has 1 aromatic carbocycles. The second-order valence-corrected chi connectivity index (χ2v) is 9.31. The van der Waals surface area contributed by atoms with E-state index in [2.05, 4.69) is 32.1 Å². The zero-order valence-electron chi connectivity index (χ0n) is 19.5. The number of anilines is 2. The molecule has 10 nitrogen and oxygen atoms in total. The second-order valence-electron chi connectivity index (χ2n) is 8.50. The summed E-state index contributed by atoms with van der Waals surface area (Å²) in [4.78, 5) is 15.0. The number of nitrogens with one attached hydrogen (secondary N) is 1. The highest BCUT2D eigenvalue weighted by atomic mass is 35.5. The summed E-state index contributed by atoms with van der Waals surface area (Å²) in [5.74, 6) is 1.31. The third kappa shape index (κ3) is 4.96. The SMILES string of the molecule is CNC1(C)CN(c2ncc(C(=[NH2+])c3cc(O[C@H](N)c4c(Cl)cncc4Cl)c(OC)cc3N)cn2)C1. The number of nitrogen functional groups attached to an aromatic ring is 1. The summed E-state index contributed by atoms with van der Waals surface area (Å²) in [6.45, 7) is 3.79. The van der Waals surface area contributed by atoms with Crippen LogP contribution in [0.25, 0.3) is 0 Å². The molecule has 3 heterocycles. The second kappa shape index (κ2) is 9.82. The number of benzene rings is 1. The first-order valence-electron chi connectivity index (χ1n) is 10.7. The van der Waals surface area contributed by atoms with Crippen LogP contribution in [0.3, 0.4) is 0 Å². The number of methoxy groups -OCH3 is 1. The molecule has 0 amide bonds. The first-order valence-corrected chi connectivity index (χ1v) is 11.5. The third-order valence-corrected chi connectivity index (χ3v) is 6.57. The van der Waals surface area contributed by atoms with Gasteiger partial charge in [-0.1, -0.05) is 23.2 Å². The topological polar surface area (TPSA) is 150 Å². The number of halogens is 2. The molecule has 12 heteroatoms. The van der Waals surface area contributed by atoms with Crippen molar-refractivity contribution in [1.82, 2.24) is 20.3 Å². The van der Waals surface area contributed by atoms with Gasteiger partial charge in [-0.15, -0.1) is 0 Å². The van der Waals surface area contributed by atoms with Gasteiger partial charge in [-0.3, -0.25) is 16.1 Å². The molecule has 35 heavy (non-hydrogen) atoms. The summed E-state index contributed by atoms with van der Waals surface area (Å²) < 4.78 is 11.4. The van der Waals surface area contributed by atoms with Crippen molar-refractivity contribution in [3.05, 3.63) is 63.7 Å². The van der Waals surface area contributed by atoms with Gasteiger partial charge in [-0.05, 0) is 14.0 Å². The Balaban J connectivity index is 1.58. The van der Waals surface area contributed by atoms with Gasteiger partial charge >= 0.3 is 0 Å². The normalized spacial score (nSPS) is 15.3. The minimum atomic E-state index is -0.993. The van der Waals surface area contributed by atoms with Gasteiger partial charge < -0.3 is 25.4 Å². The Bertz CT molecular complexity index is 1230. The van der Waals surface area contributed by atoms with Crippen LogP contribution in [0.5, 0.6) is 11.5 Å². The highest BCUT2D eigenvalue weighted by Gasteiger charge is 2.38. The first-order chi connectivity index (χ1) is 16.7. The first kappa shape index (κ1) is 24.9. The molecule has 0 radical (unpaired) electrons. The maximum absolute atomic E-state index is 6.46. The predicted octanol–water partition coefficient (Wildman–Crippen LogP) is 1.20. The molecular weight excluding hydrogens is 491 g/mol. The van der Waals surface area contributed by atoms with Gasteiger partial charge in [0.15, 0.2) is 17.7 Å². The molecule has 1 atom stereocenters. The van der Waals surface area contributed by atoms with Crippen molar-refractivity contribution < 1.29 is 14.9 Å². The van der Waals surface area contributed by atoms with E-state index in [0.29, 0.717) is 45.5 Å². The van der Waals surface area contributed by atoms with Gasteiger partial charge in [-0.2, -0.15) is 0 Å². The molecular formula is C23H27Cl2N8O2+. The Hall–Kier alpha value is -3.18. The Labute approximate surface area is 213 Å². The quantitative estimate of drug-likeness (QED) is 0.196. The highest BCUT2D eigenvalue weighted by Crippen LogP contribution is 2.37. The maximum Gasteiger partial charge on any atom is 0.225 e. The van der Waals surface area contributed by atoms with Crippen molar-refractivity contribution >= 4 is 40.5 Å². The fourth-order valence-corrected chi connectivity index (χ4v) is 4.40. The molecule has 0 unspecified atom stereocenters. The van der Waals surface area contributed by atoms with Crippen LogP contribution < -0.4 is 36.6 Å². The van der Waals surface area contributed by atoms with E-state index in [1.165, 1.54) is 19.5 Å². The number of hydrogen-bond acceptors (Lipinski definition) is 9. The lowest BCUT2D eigenvalue weighted by Gasteiger charge is -2.47. The maximum atomic E-state index is 6.46. The van der Waals surface area contributed by atoms with E-state index in [-0.39, 0.29) is 15.6 Å². The minimum absolute atomic E-state index is 0.0622. The van der Waals surface area contributed by atoms with Crippen LogP contribution in [0.4, 0.5) is 11.6 Å². The van der Waals surface area contributed by atoms with E-state index >= 15 is 0 Å².